The van der Waals surface area contributed by atoms with E-state index in [1.54, 1.807) is 0 Å². The Bertz CT molecular complexity index is 441. The molecule has 0 spiro atoms. The molecule has 1 aliphatic rings. The first-order chi connectivity index (χ1) is 11.4. The monoisotopic (exact) mass is 406 g/mol. The van der Waals surface area contributed by atoms with Crippen LogP contribution in [0.3, 0.4) is 0 Å². The second-order valence-electron chi connectivity index (χ2n) is 11.1. The minimum absolute atomic E-state index is 0.00270. The van der Waals surface area contributed by atoms with E-state index in [4.69, 9.17) is 8.85 Å². The average Bonchev–Trinajstić information content (AvgIpc) is 2.41. The first kappa shape index (κ1) is 24.3. The van der Waals surface area contributed by atoms with Crippen molar-refractivity contribution in [3.63, 3.8) is 0 Å². The first-order valence-electron chi connectivity index (χ1n) is 9.72. The zero-order valence-electron chi connectivity index (χ0n) is 18.5. The molecule has 1 rings (SSSR count). The topological polar surface area (TPSA) is 79.2 Å². The molecule has 3 N–H and O–H groups in total. The molecule has 0 saturated heterocycles. The lowest BCUT2D eigenvalue weighted by atomic mass is 9.80. The maximum atomic E-state index is 11.0. The zero-order chi connectivity index (χ0) is 20.8. The molecule has 0 bridgehead atoms. The lowest BCUT2D eigenvalue weighted by molar-refractivity contribution is -0.158. The number of aliphatic hydroxyl groups is 3. The van der Waals surface area contributed by atoms with Crippen molar-refractivity contribution in [1.82, 2.24) is 0 Å². The second kappa shape index (κ2) is 7.57. The molecular formula is C19H42O5Si2. The highest BCUT2D eigenvalue weighted by molar-refractivity contribution is 6.74. The summed E-state index contributed by atoms with van der Waals surface area (Å²) in [6.45, 7) is 21.1. The second-order valence-corrected chi connectivity index (χ2v) is 20.6. The van der Waals surface area contributed by atoms with Gasteiger partial charge in [0.2, 0.25) is 0 Å². The SMILES string of the molecule is CC(C)(C)[Si](C)(C)O[C@@H]1CC(O)(CO)C[C@@H](O[Si](C)(C)C(C)(C)C)C1O. The van der Waals surface area contributed by atoms with Gasteiger partial charge in [-0.25, -0.2) is 0 Å². The first-order valence-corrected chi connectivity index (χ1v) is 15.5. The molecule has 0 amide bonds. The molecule has 0 unspecified atom stereocenters. The van der Waals surface area contributed by atoms with E-state index in [0.29, 0.717) is 0 Å². The highest BCUT2D eigenvalue weighted by atomic mass is 28.4. The molecule has 26 heavy (non-hydrogen) atoms. The van der Waals surface area contributed by atoms with Crippen LogP contribution in [-0.4, -0.2) is 62.5 Å². The number of aliphatic hydroxyl groups excluding tert-OH is 2. The van der Waals surface area contributed by atoms with E-state index in [0.717, 1.165) is 0 Å². The largest absolute Gasteiger partial charge is 0.411 e. The van der Waals surface area contributed by atoms with Gasteiger partial charge < -0.3 is 24.2 Å². The highest BCUT2D eigenvalue weighted by Gasteiger charge is 2.51. The van der Waals surface area contributed by atoms with Gasteiger partial charge in [0.25, 0.3) is 0 Å². The summed E-state index contributed by atoms with van der Waals surface area (Å²) in [7, 11) is -4.26. The van der Waals surface area contributed by atoms with Crippen LogP contribution in [0.5, 0.6) is 0 Å². The molecule has 2 atom stereocenters. The van der Waals surface area contributed by atoms with Crippen LogP contribution in [0.4, 0.5) is 0 Å². The predicted octanol–water partition coefficient (Wildman–Crippen LogP) is 3.65. The van der Waals surface area contributed by atoms with E-state index >= 15 is 0 Å². The van der Waals surface area contributed by atoms with Crippen LogP contribution in [0.1, 0.15) is 54.4 Å². The van der Waals surface area contributed by atoms with E-state index in [1.807, 2.05) is 0 Å². The lowest BCUT2D eigenvalue weighted by Crippen LogP contribution is -2.61. The van der Waals surface area contributed by atoms with Crippen molar-refractivity contribution in [2.75, 3.05) is 6.61 Å². The molecule has 1 fully saturated rings. The fraction of sp³-hybridized carbons (Fsp3) is 1.00. The summed E-state index contributed by atoms with van der Waals surface area (Å²) in [6, 6.07) is 0. The van der Waals surface area contributed by atoms with Crippen LogP contribution in [-0.2, 0) is 8.85 Å². The Morgan fingerprint density at radius 3 is 1.38 bits per heavy atom. The Hall–Kier alpha value is 0.234. The van der Waals surface area contributed by atoms with Gasteiger partial charge in [0.15, 0.2) is 16.6 Å². The van der Waals surface area contributed by atoms with Crippen LogP contribution in [0.2, 0.25) is 36.3 Å². The highest BCUT2D eigenvalue weighted by Crippen LogP contribution is 2.43. The minimum atomic E-state index is -2.13. The Morgan fingerprint density at radius 2 is 1.15 bits per heavy atom. The summed E-state index contributed by atoms with van der Waals surface area (Å²) in [5.41, 5.74) is -1.28. The van der Waals surface area contributed by atoms with Crippen LogP contribution in [0.15, 0.2) is 0 Å². The van der Waals surface area contributed by atoms with Crippen LogP contribution in [0.25, 0.3) is 0 Å². The Balaban J connectivity index is 3.11. The van der Waals surface area contributed by atoms with Gasteiger partial charge in [0.1, 0.15) is 6.10 Å². The molecule has 0 aromatic heterocycles. The minimum Gasteiger partial charge on any atom is -0.411 e. The molecule has 0 radical (unpaired) electrons. The van der Waals surface area contributed by atoms with Crippen LogP contribution in [0, 0.1) is 0 Å². The molecule has 0 aromatic carbocycles. The van der Waals surface area contributed by atoms with Gasteiger partial charge in [-0.05, 0) is 36.3 Å². The molecule has 5 nitrogen and oxygen atoms in total. The van der Waals surface area contributed by atoms with Gasteiger partial charge in [0.05, 0.1) is 24.4 Å². The van der Waals surface area contributed by atoms with Crippen LogP contribution < -0.4 is 0 Å². The van der Waals surface area contributed by atoms with Crippen molar-refractivity contribution >= 4 is 16.6 Å². The molecule has 1 saturated carbocycles. The van der Waals surface area contributed by atoms with Gasteiger partial charge in [-0.15, -0.1) is 0 Å². The Labute approximate surface area is 162 Å². The molecule has 1 aliphatic carbocycles. The number of hydrogen-bond acceptors (Lipinski definition) is 5. The summed E-state index contributed by atoms with van der Waals surface area (Å²) in [4.78, 5) is 0. The zero-order valence-corrected chi connectivity index (χ0v) is 20.5. The van der Waals surface area contributed by atoms with E-state index in [1.165, 1.54) is 0 Å². The predicted molar refractivity (Wildman–Crippen MR) is 111 cm³/mol. The number of hydrogen-bond donors (Lipinski definition) is 3. The van der Waals surface area contributed by atoms with Gasteiger partial charge in [-0.2, -0.15) is 0 Å². The molecule has 156 valence electrons. The fourth-order valence-electron chi connectivity index (χ4n) is 2.78. The van der Waals surface area contributed by atoms with Gasteiger partial charge in [0, 0.05) is 12.8 Å². The smallest absolute Gasteiger partial charge is 0.192 e. The normalized spacial score (nSPS) is 32.0. The van der Waals surface area contributed by atoms with Gasteiger partial charge >= 0.3 is 0 Å². The summed E-state index contributed by atoms with van der Waals surface area (Å²) in [5, 5.41) is 31.6. The average molecular weight is 407 g/mol. The van der Waals surface area contributed by atoms with Crippen molar-refractivity contribution in [3.8, 4) is 0 Å². The van der Waals surface area contributed by atoms with E-state index in [9.17, 15) is 15.3 Å². The van der Waals surface area contributed by atoms with Crippen molar-refractivity contribution in [1.29, 1.82) is 0 Å². The van der Waals surface area contributed by atoms with Crippen LogP contribution >= 0.6 is 0 Å². The summed E-state index contributed by atoms with van der Waals surface area (Å²) in [5.74, 6) is 0. The molecular weight excluding hydrogens is 364 g/mol. The third kappa shape index (κ3) is 5.40. The molecule has 0 heterocycles. The lowest BCUT2D eigenvalue weighted by Gasteiger charge is -2.50. The van der Waals surface area contributed by atoms with Gasteiger partial charge in [-0.3, -0.25) is 0 Å². The fourth-order valence-corrected chi connectivity index (χ4v) is 5.44. The van der Waals surface area contributed by atoms with E-state index < -0.39 is 40.5 Å². The van der Waals surface area contributed by atoms with E-state index in [-0.39, 0.29) is 29.5 Å². The van der Waals surface area contributed by atoms with Crippen molar-refractivity contribution < 1.29 is 24.2 Å². The summed E-state index contributed by atoms with van der Waals surface area (Å²) >= 11 is 0. The Morgan fingerprint density at radius 1 is 0.846 bits per heavy atom. The van der Waals surface area contributed by atoms with Gasteiger partial charge in [-0.1, -0.05) is 41.5 Å². The third-order valence-corrected chi connectivity index (χ3v) is 15.7. The molecule has 0 aliphatic heterocycles. The Kier molecular flexibility index (Phi) is 7.07. The quantitative estimate of drug-likeness (QED) is 0.607. The van der Waals surface area contributed by atoms with Crippen molar-refractivity contribution in [3.05, 3.63) is 0 Å². The maximum Gasteiger partial charge on any atom is 0.192 e. The summed E-state index contributed by atoms with van der Waals surface area (Å²) in [6.07, 6.45) is -1.40. The summed E-state index contributed by atoms with van der Waals surface area (Å²) < 4.78 is 12.9. The molecule has 0 aromatic rings. The van der Waals surface area contributed by atoms with E-state index in [2.05, 4.69) is 67.7 Å². The standard InChI is InChI=1S/C19H42O5Si2/c1-17(2,3)25(7,8)23-14-11-19(22,13-20)12-15(16(14)21)24-26(9,10)18(4,5)6/h14-16,20-22H,11-13H2,1-10H3/t14-,15-,16?,19?/m1/s1. The maximum absolute atomic E-state index is 11.0. The number of rotatable bonds is 5. The molecule has 7 heteroatoms. The third-order valence-electron chi connectivity index (χ3n) is 6.72. The van der Waals surface area contributed by atoms with Crippen molar-refractivity contribution in [2.45, 2.75) is 115 Å². The van der Waals surface area contributed by atoms with Crippen molar-refractivity contribution in [2.24, 2.45) is 0 Å².